The molecule has 0 aromatic heterocycles. The van der Waals surface area contributed by atoms with E-state index in [1.807, 2.05) is 0 Å². The molecule has 0 aliphatic heterocycles. The van der Waals surface area contributed by atoms with E-state index in [-0.39, 0.29) is 10.8 Å². The van der Waals surface area contributed by atoms with Crippen LogP contribution in [0.5, 0.6) is 0 Å². The Hall–Kier alpha value is -1.34. The van der Waals surface area contributed by atoms with Crippen LogP contribution >= 0.6 is 0 Å². The van der Waals surface area contributed by atoms with Gasteiger partial charge < -0.3 is 0 Å². The Labute approximate surface area is 298 Å². The molecule has 2 aromatic carbocycles. The molecule has 2 aromatic rings. The quantitative estimate of drug-likeness (QED) is 0.270. The third-order valence-corrected chi connectivity index (χ3v) is 23.6. The highest BCUT2D eigenvalue weighted by Crippen LogP contribution is 2.70. The standard InChI is InChI=1S/C47H72Si/c1-11-48(12-2,44-30(3)27-40-37(16-14-18-39(40)44)32-19-23-35(24-20-32)46(5,6)7)45-31(4)28-41-42(45)29-34-15-13-17-38(34)43(41)33-21-25-36(26-22-33)47(8,9)10/h19-26,30-31,34,37-45H,11-18,27-29H2,1-10H3. The Balaban J connectivity index is 1.21. The zero-order valence-corrected chi connectivity index (χ0v) is 33.8. The molecule has 5 saturated carbocycles. The fourth-order valence-corrected chi connectivity index (χ4v) is 22.4. The molecule has 264 valence electrons. The first-order valence-electron chi connectivity index (χ1n) is 21.0. The fraction of sp³-hybridized carbons (Fsp3) is 0.745. The highest BCUT2D eigenvalue weighted by atomic mass is 28.3. The molecule has 5 fully saturated rings. The predicted molar refractivity (Wildman–Crippen MR) is 211 cm³/mol. The topological polar surface area (TPSA) is 0 Å². The molecule has 0 N–H and O–H groups in total. The summed E-state index contributed by atoms with van der Waals surface area (Å²) in [6, 6.07) is 23.3. The van der Waals surface area contributed by atoms with Crippen LogP contribution in [-0.4, -0.2) is 8.07 Å². The average Bonchev–Trinajstić information content (AvgIpc) is 3.75. The molecule has 0 heterocycles. The van der Waals surface area contributed by atoms with Crippen molar-refractivity contribution in [2.24, 2.45) is 47.3 Å². The average molecular weight is 665 g/mol. The van der Waals surface area contributed by atoms with Crippen LogP contribution in [0, 0.1) is 47.3 Å². The second kappa shape index (κ2) is 13.0. The SMILES string of the molecule is CC[Si](CC)(C1C(C)CC2C(c3ccc(C(C)(C)C)cc3)CCCC21)C1C(C)CC2C1CC1CCCC1C2c1ccc(C(C)(C)C)cc1. The summed E-state index contributed by atoms with van der Waals surface area (Å²) < 4.78 is 0. The number of fused-ring (bicyclic) bond motifs is 3. The van der Waals surface area contributed by atoms with Crippen LogP contribution in [0.1, 0.15) is 161 Å². The Morgan fingerprint density at radius 3 is 1.60 bits per heavy atom. The molecule has 48 heavy (non-hydrogen) atoms. The maximum absolute atomic E-state index is 2.77. The minimum absolute atomic E-state index is 0.230. The number of benzene rings is 2. The first kappa shape index (κ1) is 35.1. The van der Waals surface area contributed by atoms with Crippen LogP contribution in [0.4, 0.5) is 0 Å². The third-order valence-electron chi connectivity index (χ3n) is 16.3. The lowest BCUT2D eigenvalue weighted by Gasteiger charge is -2.53. The highest BCUT2D eigenvalue weighted by molar-refractivity contribution is 6.82. The lowest BCUT2D eigenvalue weighted by atomic mass is 9.61. The Kier molecular flexibility index (Phi) is 9.51. The van der Waals surface area contributed by atoms with E-state index in [9.17, 15) is 0 Å². The molecular formula is C47H72Si. The lowest BCUT2D eigenvalue weighted by molar-refractivity contribution is 0.120. The minimum Gasteiger partial charge on any atom is -0.0678 e. The van der Waals surface area contributed by atoms with Crippen LogP contribution in [0.15, 0.2) is 48.5 Å². The van der Waals surface area contributed by atoms with Crippen LogP contribution in [0.2, 0.25) is 23.2 Å². The molecule has 0 nitrogen and oxygen atoms in total. The molecule has 12 unspecified atom stereocenters. The summed E-state index contributed by atoms with van der Waals surface area (Å²) in [6.07, 6.45) is 13.5. The monoisotopic (exact) mass is 665 g/mol. The first-order valence-corrected chi connectivity index (χ1v) is 23.6. The van der Waals surface area contributed by atoms with Crippen molar-refractivity contribution in [3.8, 4) is 0 Å². The number of hydrogen-bond acceptors (Lipinski definition) is 0. The summed E-state index contributed by atoms with van der Waals surface area (Å²) in [7, 11) is -1.59. The Morgan fingerprint density at radius 2 is 1.04 bits per heavy atom. The van der Waals surface area contributed by atoms with Gasteiger partial charge >= 0.3 is 0 Å². The minimum atomic E-state index is -1.59. The van der Waals surface area contributed by atoms with Gasteiger partial charge in [-0.25, -0.2) is 0 Å². The van der Waals surface area contributed by atoms with Gasteiger partial charge in [0.1, 0.15) is 0 Å². The summed E-state index contributed by atoms with van der Waals surface area (Å²) in [5.41, 5.74) is 8.90. The normalized spacial score (nSPS) is 38.5. The summed E-state index contributed by atoms with van der Waals surface area (Å²) in [5.74, 6) is 9.13. The van der Waals surface area contributed by atoms with Crippen molar-refractivity contribution >= 4 is 8.07 Å². The van der Waals surface area contributed by atoms with E-state index in [0.717, 1.165) is 70.3 Å². The second-order valence-corrected chi connectivity index (χ2v) is 25.7. The van der Waals surface area contributed by atoms with Gasteiger partial charge in [0.05, 0.1) is 8.07 Å². The van der Waals surface area contributed by atoms with Crippen LogP contribution in [-0.2, 0) is 10.8 Å². The molecule has 12 atom stereocenters. The molecule has 1 heteroatoms. The zero-order chi connectivity index (χ0) is 34.2. The van der Waals surface area contributed by atoms with E-state index >= 15 is 0 Å². The van der Waals surface area contributed by atoms with Crippen molar-refractivity contribution in [3.63, 3.8) is 0 Å². The van der Waals surface area contributed by atoms with Crippen molar-refractivity contribution in [2.75, 3.05) is 0 Å². The molecule has 0 amide bonds. The van der Waals surface area contributed by atoms with E-state index < -0.39 is 8.07 Å². The van der Waals surface area contributed by atoms with Gasteiger partial charge in [0.15, 0.2) is 0 Å². The molecule has 7 rings (SSSR count). The van der Waals surface area contributed by atoms with Gasteiger partial charge in [-0.15, -0.1) is 0 Å². The third kappa shape index (κ3) is 5.85. The van der Waals surface area contributed by atoms with Gasteiger partial charge in [-0.05, 0) is 135 Å². The van der Waals surface area contributed by atoms with Crippen LogP contribution < -0.4 is 0 Å². The first-order chi connectivity index (χ1) is 22.8. The van der Waals surface area contributed by atoms with Gasteiger partial charge in [-0.2, -0.15) is 0 Å². The van der Waals surface area contributed by atoms with Gasteiger partial charge in [0.2, 0.25) is 0 Å². The molecule has 0 bridgehead atoms. The van der Waals surface area contributed by atoms with E-state index in [4.69, 9.17) is 0 Å². The fourth-order valence-electron chi connectivity index (χ4n) is 14.5. The zero-order valence-electron chi connectivity index (χ0n) is 32.8. The molecular weight excluding hydrogens is 593 g/mol. The smallest absolute Gasteiger partial charge is 0.0603 e. The van der Waals surface area contributed by atoms with Gasteiger partial charge in [-0.3, -0.25) is 0 Å². The molecule has 5 aliphatic carbocycles. The Morgan fingerprint density at radius 1 is 0.542 bits per heavy atom. The van der Waals surface area contributed by atoms with E-state index in [2.05, 4.69) is 118 Å². The van der Waals surface area contributed by atoms with Gasteiger partial charge in [0, 0.05) is 0 Å². The lowest BCUT2D eigenvalue weighted by Crippen LogP contribution is -2.51. The van der Waals surface area contributed by atoms with Crippen molar-refractivity contribution in [1.29, 1.82) is 0 Å². The van der Waals surface area contributed by atoms with E-state index in [0.29, 0.717) is 0 Å². The molecule has 0 radical (unpaired) electrons. The van der Waals surface area contributed by atoms with Crippen molar-refractivity contribution in [3.05, 3.63) is 70.8 Å². The maximum atomic E-state index is 2.77. The summed E-state index contributed by atoms with van der Waals surface area (Å²) >= 11 is 0. The predicted octanol–water partition coefficient (Wildman–Crippen LogP) is 13.9. The molecule has 0 saturated heterocycles. The van der Waals surface area contributed by atoms with Crippen LogP contribution in [0.3, 0.4) is 0 Å². The van der Waals surface area contributed by atoms with Crippen molar-refractivity contribution < 1.29 is 0 Å². The molecule has 0 spiro atoms. The highest BCUT2D eigenvalue weighted by Gasteiger charge is 2.63. The van der Waals surface area contributed by atoms with E-state index in [1.54, 1.807) is 17.5 Å². The van der Waals surface area contributed by atoms with Gasteiger partial charge in [0.25, 0.3) is 0 Å². The summed E-state index contributed by atoms with van der Waals surface area (Å²) in [5, 5.41) is 0. The summed E-state index contributed by atoms with van der Waals surface area (Å²) in [4.78, 5) is 0. The van der Waals surface area contributed by atoms with E-state index in [1.165, 1.54) is 74.6 Å². The largest absolute Gasteiger partial charge is 0.0678 e. The van der Waals surface area contributed by atoms with Crippen LogP contribution in [0.25, 0.3) is 0 Å². The number of hydrogen-bond donors (Lipinski definition) is 0. The van der Waals surface area contributed by atoms with Crippen molar-refractivity contribution in [1.82, 2.24) is 0 Å². The van der Waals surface area contributed by atoms with Gasteiger partial charge in [-0.1, -0.05) is 156 Å². The maximum Gasteiger partial charge on any atom is 0.0603 e. The Bertz CT molecular complexity index is 1380. The second-order valence-electron chi connectivity index (χ2n) is 20.5. The summed E-state index contributed by atoms with van der Waals surface area (Å²) in [6.45, 7) is 25.1. The number of rotatable bonds is 6. The van der Waals surface area contributed by atoms with Crippen molar-refractivity contribution in [2.45, 2.75) is 173 Å². The molecule has 5 aliphatic rings.